The molecule has 0 aromatic rings. The van der Waals surface area contributed by atoms with E-state index in [1.165, 1.54) is 0 Å². The summed E-state index contributed by atoms with van der Waals surface area (Å²) in [5.74, 6) is -0.0480. The van der Waals surface area contributed by atoms with E-state index < -0.39 is 17.1 Å². The van der Waals surface area contributed by atoms with Crippen molar-refractivity contribution in [1.82, 2.24) is 5.32 Å². The number of amides is 1. The maximum absolute atomic E-state index is 12.0. The molecular formula is C20H32N2O4. The van der Waals surface area contributed by atoms with Crippen LogP contribution in [0.5, 0.6) is 0 Å². The lowest BCUT2D eigenvalue weighted by molar-refractivity contribution is -0.120. The van der Waals surface area contributed by atoms with E-state index in [0.717, 1.165) is 19.3 Å². The van der Waals surface area contributed by atoms with Crippen LogP contribution in [0.2, 0.25) is 0 Å². The number of allylic oxidation sites excluding steroid dienone is 2. The third-order valence-corrected chi connectivity index (χ3v) is 6.08. The number of aliphatic hydroxyl groups excluding tert-OH is 2. The largest absolute Gasteiger partial charge is 0.395 e. The Morgan fingerprint density at radius 1 is 1.54 bits per heavy atom. The van der Waals surface area contributed by atoms with Gasteiger partial charge in [-0.2, -0.15) is 0 Å². The van der Waals surface area contributed by atoms with E-state index in [1.807, 2.05) is 0 Å². The van der Waals surface area contributed by atoms with Crippen molar-refractivity contribution in [2.24, 2.45) is 17.1 Å². The highest BCUT2D eigenvalue weighted by Gasteiger charge is 2.56. The molecule has 0 aromatic carbocycles. The Balaban J connectivity index is 2.21. The maximum Gasteiger partial charge on any atom is 0.223 e. The van der Waals surface area contributed by atoms with E-state index in [0.29, 0.717) is 17.6 Å². The van der Waals surface area contributed by atoms with Gasteiger partial charge < -0.3 is 26.4 Å². The number of carbonyl (C=O) groups is 1. The minimum absolute atomic E-state index is 0.0280. The fraction of sp³-hybridized carbons (Fsp3) is 0.650. The predicted octanol–water partition coefficient (Wildman–Crippen LogP) is 0.785. The highest BCUT2D eigenvalue weighted by molar-refractivity contribution is 5.77. The molecule has 0 aliphatic heterocycles. The average molecular weight is 364 g/mol. The van der Waals surface area contributed by atoms with Crippen LogP contribution in [-0.2, 0) is 4.79 Å². The lowest BCUT2D eigenvalue weighted by atomic mass is 9.51. The fourth-order valence-corrected chi connectivity index (χ4v) is 4.34. The molecule has 4 unspecified atom stereocenters. The van der Waals surface area contributed by atoms with Gasteiger partial charge in [0.25, 0.3) is 0 Å². The maximum atomic E-state index is 12.0. The van der Waals surface area contributed by atoms with E-state index in [-0.39, 0.29) is 38.0 Å². The Bertz CT molecular complexity index is 601. The minimum atomic E-state index is -1.32. The van der Waals surface area contributed by atoms with Crippen LogP contribution in [0.4, 0.5) is 0 Å². The average Bonchev–Trinajstić information content (AvgIpc) is 2.64. The quantitative estimate of drug-likeness (QED) is 0.428. The molecule has 1 saturated carbocycles. The van der Waals surface area contributed by atoms with Crippen molar-refractivity contribution in [3.63, 3.8) is 0 Å². The van der Waals surface area contributed by atoms with Crippen molar-refractivity contribution in [1.29, 1.82) is 0 Å². The SMILES string of the molecule is C=C1CCC2C=CCCC2(C)C1(O)C(=CCC(=O)NCC(N)CO)CO. The predicted molar refractivity (Wildman–Crippen MR) is 101 cm³/mol. The van der Waals surface area contributed by atoms with Gasteiger partial charge in [0.2, 0.25) is 5.91 Å². The van der Waals surface area contributed by atoms with Crippen LogP contribution >= 0.6 is 0 Å². The molecule has 2 aliphatic carbocycles. The first kappa shape index (κ1) is 20.8. The van der Waals surface area contributed by atoms with Crippen molar-refractivity contribution < 1.29 is 20.1 Å². The van der Waals surface area contributed by atoms with Crippen molar-refractivity contribution in [3.8, 4) is 0 Å². The Hall–Kier alpha value is -1.47. The van der Waals surface area contributed by atoms with Crippen LogP contribution in [-0.4, -0.2) is 52.6 Å². The molecule has 2 rings (SSSR count). The van der Waals surface area contributed by atoms with Gasteiger partial charge in [0, 0.05) is 24.4 Å². The van der Waals surface area contributed by atoms with Gasteiger partial charge in [-0.15, -0.1) is 0 Å². The molecule has 0 saturated heterocycles. The van der Waals surface area contributed by atoms with Crippen molar-refractivity contribution in [2.75, 3.05) is 19.8 Å². The molecule has 6 nitrogen and oxygen atoms in total. The summed E-state index contributed by atoms with van der Waals surface area (Å²) in [5, 5.41) is 33.2. The van der Waals surface area contributed by atoms with Gasteiger partial charge >= 0.3 is 0 Å². The lowest BCUT2D eigenvalue weighted by Crippen LogP contribution is -2.57. The molecule has 0 spiro atoms. The Morgan fingerprint density at radius 3 is 2.92 bits per heavy atom. The first-order chi connectivity index (χ1) is 12.3. The second kappa shape index (κ2) is 8.48. The van der Waals surface area contributed by atoms with Gasteiger partial charge in [-0.1, -0.05) is 31.7 Å². The molecule has 6 heteroatoms. The first-order valence-electron chi connectivity index (χ1n) is 9.30. The molecule has 26 heavy (non-hydrogen) atoms. The number of nitrogens with two attached hydrogens (primary N) is 1. The van der Waals surface area contributed by atoms with Crippen molar-refractivity contribution in [3.05, 3.63) is 36.0 Å². The summed E-state index contributed by atoms with van der Waals surface area (Å²) in [6.45, 7) is 5.80. The fourth-order valence-electron chi connectivity index (χ4n) is 4.34. The van der Waals surface area contributed by atoms with Crippen LogP contribution in [0.1, 0.15) is 39.0 Å². The van der Waals surface area contributed by atoms with Crippen molar-refractivity contribution in [2.45, 2.75) is 50.7 Å². The molecule has 1 amide bonds. The van der Waals surface area contributed by atoms with E-state index in [4.69, 9.17) is 10.8 Å². The number of rotatable bonds is 7. The van der Waals surface area contributed by atoms with Gasteiger partial charge in [0.05, 0.1) is 13.2 Å². The van der Waals surface area contributed by atoms with Crippen molar-refractivity contribution >= 4 is 5.91 Å². The molecule has 0 radical (unpaired) electrons. The van der Waals surface area contributed by atoms with E-state index >= 15 is 0 Å². The summed E-state index contributed by atoms with van der Waals surface area (Å²) in [6, 6.07) is -0.503. The summed E-state index contributed by atoms with van der Waals surface area (Å²) in [7, 11) is 0. The lowest BCUT2D eigenvalue weighted by Gasteiger charge is -2.56. The van der Waals surface area contributed by atoms with Crippen LogP contribution in [0.15, 0.2) is 36.0 Å². The van der Waals surface area contributed by atoms with Gasteiger partial charge in [-0.05, 0) is 42.7 Å². The summed E-state index contributed by atoms with van der Waals surface area (Å²) >= 11 is 0. The Kier molecular flexibility index (Phi) is 6.80. The highest BCUT2D eigenvalue weighted by Crippen LogP contribution is 2.57. The van der Waals surface area contributed by atoms with Crippen LogP contribution in [0.3, 0.4) is 0 Å². The van der Waals surface area contributed by atoms with Gasteiger partial charge in [-0.3, -0.25) is 4.79 Å². The molecule has 0 bridgehead atoms. The van der Waals surface area contributed by atoms with Crippen LogP contribution in [0, 0.1) is 11.3 Å². The number of carbonyl (C=O) groups excluding carboxylic acids is 1. The first-order valence-corrected chi connectivity index (χ1v) is 9.30. The number of hydrogen-bond donors (Lipinski definition) is 5. The van der Waals surface area contributed by atoms with E-state index in [9.17, 15) is 15.0 Å². The number of fused-ring (bicyclic) bond motifs is 1. The second-order valence-electron chi connectivity index (χ2n) is 7.68. The van der Waals surface area contributed by atoms with Crippen LogP contribution < -0.4 is 11.1 Å². The van der Waals surface area contributed by atoms with Gasteiger partial charge in [0.1, 0.15) is 5.60 Å². The standard InChI is InChI=1S/C20H32N2O4/c1-14-6-7-15-5-3-4-10-19(15,2)20(14,26)16(12-23)8-9-18(25)22-11-17(21)13-24/h3,5,8,15,17,23-24,26H,1,4,6-7,9-13,21H2,2H3,(H,22,25). The van der Waals surface area contributed by atoms with Crippen LogP contribution in [0.25, 0.3) is 0 Å². The zero-order valence-electron chi connectivity index (χ0n) is 15.6. The molecule has 2 aliphatic rings. The summed E-state index contributed by atoms with van der Waals surface area (Å²) < 4.78 is 0. The molecule has 6 N–H and O–H groups in total. The Morgan fingerprint density at radius 2 is 2.27 bits per heavy atom. The topological polar surface area (TPSA) is 116 Å². The highest BCUT2D eigenvalue weighted by atomic mass is 16.3. The molecule has 146 valence electrons. The summed E-state index contributed by atoms with van der Waals surface area (Å²) in [4.78, 5) is 12.0. The third kappa shape index (κ3) is 3.78. The zero-order chi connectivity index (χ0) is 19.4. The summed E-state index contributed by atoms with van der Waals surface area (Å²) in [5.41, 5.74) is 4.95. The minimum Gasteiger partial charge on any atom is -0.395 e. The second-order valence-corrected chi connectivity index (χ2v) is 7.68. The molecule has 0 aromatic heterocycles. The molecule has 4 atom stereocenters. The number of hydrogen-bond acceptors (Lipinski definition) is 5. The van der Waals surface area contributed by atoms with Gasteiger partial charge in [0.15, 0.2) is 0 Å². The molecule has 1 fully saturated rings. The molecular weight excluding hydrogens is 332 g/mol. The summed E-state index contributed by atoms with van der Waals surface area (Å²) in [6.07, 6.45) is 9.26. The number of aliphatic hydroxyl groups is 3. The monoisotopic (exact) mass is 364 g/mol. The Labute approximate surface area is 155 Å². The van der Waals surface area contributed by atoms with E-state index in [2.05, 4.69) is 31.0 Å². The smallest absolute Gasteiger partial charge is 0.223 e. The third-order valence-electron chi connectivity index (χ3n) is 6.08. The molecule has 0 heterocycles. The number of nitrogens with one attached hydrogen (secondary N) is 1. The van der Waals surface area contributed by atoms with Gasteiger partial charge in [-0.25, -0.2) is 0 Å². The zero-order valence-corrected chi connectivity index (χ0v) is 15.6. The normalized spacial score (nSPS) is 32.9. The van der Waals surface area contributed by atoms with E-state index in [1.54, 1.807) is 6.08 Å².